The first-order valence-electron chi connectivity index (χ1n) is 10.9. The van der Waals surface area contributed by atoms with Crippen LogP contribution in [0.2, 0.25) is 0 Å². The van der Waals surface area contributed by atoms with Crippen LogP contribution in [0.3, 0.4) is 0 Å². The smallest absolute Gasteiger partial charge is 0.191 e. The summed E-state index contributed by atoms with van der Waals surface area (Å²) in [6, 6.07) is 14.6. The van der Waals surface area contributed by atoms with Crippen LogP contribution in [-0.2, 0) is 17.0 Å². The Morgan fingerprint density at radius 3 is 2.73 bits per heavy atom. The number of nitrogens with one attached hydrogen (secondary N) is 1. The normalized spacial score (nSPS) is 15.8. The number of halogens is 1. The SMILES string of the molecule is Cc1ccc(Nc2nc(CSc3nnc(-c4ccc(F)cc4)n3C[C@H]3CCCO3)cs2)cc1. The minimum absolute atomic E-state index is 0.143. The molecule has 1 aliphatic heterocycles. The molecule has 2 aromatic carbocycles. The van der Waals surface area contributed by atoms with E-state index < -0.39 is 0 Å². The quantitative estimate of drug-likeness (QED) is 0.309. The van der Waals surface area contributed by atoms with Gasteiger partial charge in [0.15, 0.2) is 16.1 Å². The van der Waals surface area contributed by atoms with E-state index in [4.69, 9.17) is 9.72 Å². The molecule has 0 spiro atoms. The van der Waals surface area contributed by atoms with Gasteiger partial charge in [-0.05, 0) is 56.2 Å². The molecule has 33 heavy (non-hydrogen) atoms. The first-order valence-corrected chi connectivity index (χ1v) is 12.7. The van der Waals surface area contributed by atoms with Crippen LogP contribution < -0.4 is 5.32 Å². The monoisotopic (exact) mass is 481 g/mol. The number of nitrogens with zero attached hydrogens (tertiary/aromatic N) is 4. The molecule has 1 aliphatic rings. The summed E-state index contributed by atoms with van der Waals surface area (Å²) in [5, 5.41) is 16.0. The Hall–Kier alpha value is -2.75. The summed E-state index contributed by atoms with van der Waals surface area (Å²) < 4.78 is 21.4. The fraction of sp³-hybridized carbons (Fsp3) is 0.292. The van der Waals surface area contributed by atoms with Crippen molar-refractivity contribution < 1.29 is 9.13 Å². The Bertz CT molecular complexity index is 1200. The third-order valence-electron chi connectivity index (χ3n) is 5.43. The number of aromatic nitrogens is 4. The van der Waals surface area contributed by atoms with Gasteiger partial charge in [-0.3, -0.25) is 4.57 Å². The van der Waals surface area contributed by atoms with Gasteiger partial charge in [0.2, 0.25) is 0 Å². The molecule has 2 aromatic heterocycles. The molecule has 0 bridgehead atoms. The van der Waals surface area contributed by atoms with Crippen LogP contribution in [0.5, 0.6) is 0 Å². The number of ether oxygens (including phenoxy) is 1. The average Bonchev–Trinajstić information content (AvgIpc) is 3.57. The van der Waals surface area contributed by atoms with Crippen molar-refractivity contribution in [2.24, 2.45) is 0 Å². The topological polar surface area (TPSA) is 64.9 Å². The summed E-state index contributed by atoms with van der Waals surface area (Å²) in [7, 11) is 0. The van der Waals surface area contributed by atoms with Crippen molar-refractivity contribution in [3.8, 4) is 11.4 Å². The van der Waals surface area contributed by atoms with Gasteiger partial charge in [0.05, 0.1) is 18.3 Å². The fourth-order valence-corrected chi connectivity index (χ4v) is 5.37. The molecule has 1 fully saturated rings. The first-order chi connectivity index (χ1) is 16.1. The average molecular weight is 482 g/mol. The van der Waals surface area contributed by atoms with E-state index in [9.17, 15) is 4.39 Å². The number of aryl methyl sites for hydroxylation is 1. The summed E-state index contributed by atoms with van der Waals surface area (Å²) in [4.78, 5) is 4.71. The molecule has 9 heteroatoms. The Balaban J connectivity index is 1.31. The van der Waals surface area contributed by atoms with Crippen molar-refractivity contribution in [3.05, 3.63) is 71.0 Å². The largest absolute Gasteiger partial charge is 0.376 e. The van der Waals surface area contributed by atoms with E-state index in [1.54, 1.807) is 35.2 Å². The molecular weight excluding hydrogens is 457 g/mol. The van der Waals surface area contributed by atoms with Gasteiger partial charge in [0, 0.05) is 29.0 Å². The van der Waals surface area contributed by atoms with Gasteiger partial charge in [-0.2, -0.15) is 0 Å². The van der Waals surface area contributed by atoms with Gasteiger partial charge >= 0.3 is 0 Å². The van der Waals surface area contributed by atoms with Crippen molar-refractivity contribution in [2.45, 2.75) is 43.3 Å². The van der Waals surface area contributed by atoms with Gasteiger partial charge in [-0.25, -0.2) is 9.37 Å². The van der Waals surface area contributed by atoms with E-state index in [0.29, 0.717) is 12.3 Å². The molecule has 6 nitrogen and oxygen atoms in total. The summed E-state index contributed by atoms with van der Waals surface area (Å²) >= 11 is 3.18. The summed E-state index contributed by atoms with van der Waals surface area (Å²) in [6.45, 7) is 3.54. The zero-order valence-corrected chi connectivity index (χ0v) is 19.8. The van der Waals surface area contributed by atoms with E-state index in [-0.39, 0.29) is 11.9 Å². The summed E-state index contributed by atoms with van der Waals surface area (Å²) in [6.07, 6.45) is 2.23. The molecule has 1 N–H and O–H groups in total. The van der Waals surface area contributed by atoms with Crippen LogP contribution >= 0.6 is 23.1 Å². The second-order valence-corrected chi connectivity index (χ2v) is 9.78. The van der Waals surface area contributed by atoms with E-state index >= 15 is 0 Å². The van der Waals surface area contributed by atoms with Crippen molar-refractivity contribution in [1.29, 1.82) is 0 Å². The molecule has 5 rings (SSSR count). The molecule has 170 valence electrons. The predicted octanol–water partition coefficient (Wildman–Crippen LogP) is 6.06. The lowest BCUT2D eigenvalue weighted by Gasteiger charge is -2.14. The third-order valence-corrected chi connectivity index (χ3v) is 7.24. The van der Waals surface area contributed by atoms with Gasteiger partial charge in [-0.15, -0.1) is 21.5 Å². The molecule has 1 saturated heterocycles. The Kier molecular flexibility index (Phi) is 6.70. The molecule has 1 atom stereocenters. The third kappa shape index (κ3) is 5.43. The molecule has 0 amide bonds. The van der Waals surface area contributed by atoms with Gasteiger partial charge in [0.25, 0.3) is 0 Å². The molecule has 0 saturated carbocycles. The van der Waals surface area contributed by atoms with Crippen LogP contribution in [0.4, 0.5) is 15.2 Å². The first kappa shape index (κ1) is 22.1. The van der Waals surface area contributed by atoms with Crippen LogP contribution in [0, 0.1) is 12.7 Å². The molecule has 0 radical (unpaired) electrons. The van der Waals surface area contributed by atoms with Crippen molar-refractivity contribution in [1.82, 2.24) is 19.7 Å². The zero-order chi connectivity index (χ0) is 22.6. The number of hydrogen-bond donors (Lipinski definition) is 1. The molecule has 0 aliphatic carbocycles. The van der Waals surface area contributed by atoms with Crippen molar-refractivity contribution in [3.63, 3.8) is 0 Å². The number of thioether (sulfide) groups is 1. The lowest BCUT2D eigenvalue weighted by atomic mass is 10.2. The Morgan fingerprint density at radius 2 is 1.97 bits per heavy atom. The highest BCUT2D eigenvalue weighted by Crippen LogP contribution is 2.30. The summed E-state index contributed by atoms with van der Waals surface area (Å²) in [5.74, 6) is 1.14. The maximum Gasteiger partial charge on any atom is 0.191 e. The van der Waals surface area contributed by atoms with E-state index in [1.165, 1.54) is 17.7 Å². The molecule has 0 unspecified atom stereocenters. The highest BCUT2D eigenvalue weighted by molar-refractivity contribution is 7.98. The summed E-state index contributed by atoms with van der Waals surface area (Å²) in [5.41, 5.74) is 4.07. The Labute approximate surface area is 200 Å². The minimum Gasteiger partial charge on any atom is -0.376 e. The Morgan fingerprint density at radius 1 is 1.15 bits per heavy atom. The molecule has 3 heterocycles. The predicted molar refractivity (Wildman–Crippen MR) is 131 cm³/mol. The number of thiazole rings is 1. The lowest BCUT2D eigenvalue weighted by molar-refractivity contribution is 0.0953. The molecule has 4 aromatic rings. The van der Waals surface area contributed by atoms with E-state index in [1.807, 2.05) is 0 Å². The standard InChI is InChI=1S/C24H24FN5OS2/c1-16-4-10-19(11-5-16)26-23-27-20(14-32-23)15-33-24-29-28-22(17-6-8-18(25)9-7-17)30(24)13-21-3-2-12-31-21/h4-11,14,21H,2-3,12-13,15H2,1H3,(H,26,27)/t21-/m1/s1. The number of rotatable bonds is 8. The van der Waals surface area contributed by atoms with Crippen molar-refractivity contribution >= 4 is 33.9 Å². The fourth-order valence-electron chi connectivity index (χ4n) is 3.69. The second-order valence-electron chi connectivity index (χ2n) is 7.98. The van der Waals surface area contributed by atoms with Gasteiger partial charge in [-0.1, -0.05) is 29.5 Å². The van der Waals surface area contributed by atoms with Crippen LogP contribution in [0.15, 0.2) is 59.1 Å². The number of benzene rings is 2. The van der Waals surface area contributed by atoms with Crippen molar-refractivity contribution in [2.75, 3.05) is 11.9 Å². The number of hydrogen-bond acceptors (Lipinski definition) is 7. The van der Waals surface area contributed by atoms with E-state index in [2.05, 4.69) is 56.7 Å². The molecular formula is C24H24FN5OS2. The minimum atomic E-state index is -0.267. The second kappa shape index (κ2) is 10.0. The zero-order valence-electron chi connectivity index (χ0n) is 18.2. The lowest BCUT2D eigenvalue weighted by Crippen LogP contribution is -2.16. The van der Waals surface area contributed by atoms with Gasteiger partial charge in [0.1, 0.15) is 5.82 Å². The number of anilines is 2. The van der Waals surface area contributed by atoms with Crippen LogP contribution in [0.25, 0.3) is 11.4 Å². The maximum absolute atomic E-state index is 13.4. The maximum atomic E-state index is 13.4. The van der Waals surface area contributed by atoms with E-state index in [0.717, 1.165) is 52.5 Å². The van der Waals surface area contributed by atoms with Crippen LogP contribution in [0.1, 0.15) is 24.1 Å². The highest BCUT2D eigenvalue weighted by Gasteiger charge is 2.22. The van der Waals surface area contributed by atoms with Gasteiger partial charge < -0.3 is 10.1 Å². The van der Waals surface area contributed by atoms with Crippen LogP contribution in [-0.4, -0.2) is 32.5 Å². The highest BCUT2D eigenvalue weighted by atomic mass is 32.2.